The molecule has 1 amide bonds. The zero-order valence-electron chi connectivity index (χ0n) is 11.6. The summed E-state index contributed by atoms with van der Waals surface area (Å²) >= 11 is 0. The van der Waals surface area contributed by atoms with Crippen molar-refractivity contribution in [2.45, 2.75) is 32.2 Å². The zero-order valence-corrected chi connectivity index (χ0v) is 11.6. The number of halogens is 2. The molecule has 7 heteroatoms. The fraction of sp³-hybridized carbons (Fsp3) is 0.429. The number of benzene rings is 1. The normalized spacial score (nSPS) is 11.8. The SMILES string of the molecule is CCC(NC(=O)CCCOc1ccc(F)cc1F)C(=O)O. The van der Waals surface area contributed by atoms with Crippen molar-refractivity contribution >= 4 is 11.9 Å². The van der Waals surface area contributed by atoms with Gasteiger partial charge in [0.15, 0.2) is 11.6 Å². The van der Waals surface area contributed by atoms with Gasteiger partial charge in [-0.1, -0.05) is 6.92 Å². The van der Waals surface area contributed by atoms with E-state index in [1.807, 2.05) is 0 Å². The first-order chi connectivity index (χ1) is 9.93. The van der Waals surface area contributed by atoms with Gasteiger partial charge in [0, 0.05) is 12.5 Å². The van der Waals surface area contributed by atoms with Crippen LogP contribution in [0.1, 0.15) is 26.2 Å². The van der Waals surface area contributed by atoms with E-state index in [9.17, 15) is 18.4 Å². The van der Waals surface area contributed by atoms with Crippen LogP contribution in [0.4, 0.5) is 8.78 Å². The molecule has 1 unspecified atom stereocenters. The molecule has 1 aromatic rings. The second-order valence-electron chi connectivity index (χ2n) is 4.39. The van der Waals surface area contributed by atoms with Gasteiger partial charge in [-0.15, -0.1) is 0 Å². The topological polar surface area (TPSA) is 75.6 Å². The van der Waals surface area contributed by atoms with Gasteiger partial charge < -0.3 is 15.2 Å². The number of carbonyl (C=O) groups is 2. The van der Waals surface area contributed by atoms with Crippen LogP contribution >= 0.6 is 0 Å². The van der Waals surface area contributed by atoms with E-state index in [0.717, 1.165) is 6.07 Å². The molecule has 0 saturated carbocycles. The third-order valence-electron chi connectivity index (χ3n) is 2.74. The van der Waals surface area contributed by atoms with Crippen LogP contribution in [0.5, 0.6) is 5.75 Å². The molecule has 0 fully saturated rings. The summed E-state index contributed by atoms with van der Waals surface area (Å²) in [6.45, 7) is 1.72. The highest BCUT2D eigenvalue weighted by atomic mass is 19.1. The summed E-state index contributed by atoms with van der Waals surface area (Å²) in [6.07, 6.45) is 0.643. The Morgan fingerprint density at radius 2 is 2.10 bits per heavy atom. The van der Waals surface area contributed by atoms with Crippen molar-refractivity contribution in [3.63, 3.8) is 0 Å². The molecule has 1 rings (SSSR count). The summed E-state index contributed by atoms with van der Waals surface area (Å²) in [7, 11) is 0. The van der Waals surface area contributed by atoms with Crippen molar-refractivity contribution < 1.29 is 28.2 Å². The minimum Gasteiger partial charge on any atom is -0.491 e. The maximum absolute atomic E-state index is 13.2. The first kappa shape index (κ1) is 16.9. The summed E-state index contributed by atoms with van der Waals surface area (Å²) in [6, 6.07) is 2.04. The van der Waals surface area contributed by atoms with Crippen LogP contribution in [-0.2, 0) is 9.59 Å². The summed E-state index contributed by atoms with van der Waals surface area (Å²) in [4.78, 5) is 22.2. The second kappa shape index (κ2) is 8.18. The first-order valence-corrected chi connectivity index (χ1v) is 6.54. The Labute approximate surface area is 120 Å². The number of nitrogens with one attached hydrogen (secondary N) is 1. The lowest BCUT2D eigenvalue weighted by Gasteiger charge is -2.12. The molecule has 0 aliphatic rings. The van der Waals surface area contributed by atoms with E-state index in [1.54, 1.807) is 6.92 Å². The van der Waals surface area contributed by atoms with Gasteiger partial charge in [-0.3, -0.25) is 4.79 Å². The van der Waals surface area contributed by atoms with Gasteiger partial charge in [-0.05, 0) is 25.0 Å². The molecule has 2 N–H and O–H groups in total. The Hall–Kier alpha value is -2.18. The minimum absolute atomic E-state index is 0.0621. The first-order valence-electron chi connectivity index (χ1n) is 6.54. The van der Waals surface area contributed by atoms with E-state index in [2.05, 4.69) is 5.32 Å². The van der Waals surface area contributed by atoms with E-state index >= 15 is 0 Å². The Bertz CT molecular complexity index is 508. The molecule has 5 nitrogen and oxygen atoms in total. The number of hydrogen-bond donors (Lipinski definition) is 2. The van der Waals surface area contributed by atoms with Gasteiger partial charge >= 0.3 is 5.97 Å². The molecule has 0 heterocycles. The molecule has 0 radical (unpaired) electrons. The lowest BCUT2D eigenvalue weighted by molar-refractivity contribution is -0.141. The monoisotopic (exact) mass is 301 g/mol. The Balaban J connectivity index is 2.30. The zero-order chi connectivity index (χ0) is 15.8. The van der Waals surface area contributed by atoms with Crippen LogP contribution < -0.4 is 10.1 Å². The van der Waals surface area contributed by atoms with Gasteiger partial charge in [0.2, 0.25) is 5.91 Å². The van der Waals surface area contributed by atoms with Crippen LogP contribution in [-0.4, -0.2) is 29.6 Å². The largest absolute Gasteiger partial charge is 0.491 e. The highest BCUT2D eigenvalue weighted by Gasteiger charge is 2.17. The van der Waals surface area contributed by atoms with Crippen LogP contribution in [0.25, 0.3) is 0 Å². The Morgan fingerprint density at radius 3 is 2.67 bits per heavy atom. The van der Waals surface area contributed by atoms with Crippen molar-refractivity contribution in [1.82, 2.24) is 5.32 Å². The number of ether oxygens (including phenoxy) is 1. The number of rotatable bonds is 8. The number of carboxylic acids is 1. The van der Waals surface area contributed by atoms with E-state index in [4.69, 9.17) is 9.84 Å². The molecule has 21 heavy (non-hydrogen) atoms. The fourth-order valence-electron chi connectivity index (χ4n) is 1.61. The van der Waals surface area contributed by atoms with E-state index in [1.165, 1.54) is 6.07 Å². The maximum atomic E-state index is 13.2. The van der Waals surface area contributed by atoms with Crippen molar-refractivity contribution in [1.29, 1.82) is 0 Å². The highest BCUT2D eigenvalue weighted by molar-refractivity contribution is 5.83. The molecule has 0 spiro atoms. The van der Waals surface area contributed by atoms with Crippen molar-refractivity contribution in [2.75, 3.05) is 6.61 Å². The predicted octanol–water partition coefficient (Wildman–Crippen LogP) is 2.10. The lowest BCUT2D eigenvalue weighted by Crippen LogP contribution is -2.40. The molecule has 0 aromatic heterocycles. The molecule has 0 aliphatic carbocycles. The van der Waals surface area contributed by atoms with Gasteiger partial charge in [0.1, 0.15) is 11.9 Å². The molecule has 116 valence electrons. The molecular formula is C14H17F2NO4. The summed E-state index contributed by atoms with van der Waals surface area (Å²) in [5.41, 5.74) is 0. The summed E-state index contributed by atoms with van der Waals surface area (Å²) < 4.78 is 31.0. The Morgan fingerprint density at radius 1 is 1.38 bits per heavy atom. The Kier molecular flexibility index (Phi) is 6.58. The number of amides is 1. The molecule has 0 aliphatic heterocycles. The smallest absolute Gasteiger partial charge is 0.326 e. The molecular weight excluding hydrogens is 284 g/mol. The molecule has 0 bridgehead atoms. The molecule has 0 saturated heterocycles. The average molecular weight is 301 g/mol. The summed E-state index contributed by atoms with van der Waals surface area (Å²) in [5.74, 6) is -3.09. The van der Waals surface area contributed by atoms with E-state index in [0.29, 0.717) is 18.9 Å². The number of hydrogen-bond acceptors (Lipinski definition) is 3. The van der Waals surface area contributed by atoms with Gasteiger partial charge in [-0.25, -0.2) is 13.6 Å². The fourth-order valence-corrected chi connectivity index (χ4v) is 1.61. The van der Waals surface area contributed by atoms with Crippen LogP contribution in [0.3, 0.4) is 0 Å². The van der Waals surface area contributed by atoms with Gasteiger partial charge in [-0.2, -0.15) is 0 Å². The van der Waals surface area contributed by atoms with Crippen molar-refractivity contribution in [3.8, 4) is 5.75 Å². The summed E-state index contributed by atoms with van der Waals surface area (Å²) in [5, 5.41) is 11.1. The third-order valence-corrected chi connectivity index (χ3v) is 2.74. The average Bonchev–Trinajstić information content (AvgIpc) is 2.42. The number of carbonyl (C=O) groups excluding carboxylic acids is 1. The standard InChI is InChI=1S/C14H17F2NO4/c1-2-11(14(19)20)17-13(18)4-3-7-21-12-6-5-9(15)8-10(12)16/h5-6,8,11H,2-4,7H2,1H3,(H,17,18)(H,19,20). The van der Waals surface area contributed by atoms with Crippen LogP contribution in [0.15, 0.2) is 18.2 Å². The third kappa shape index (κ3) is 5.76. The van der Waals surface area contributed by atoms with E-state index < -0.39 is 29.6 Å². The quantitative estimate of drug-likeness (QED) is 0.721. The minimum atomic E-state index is -1.09. The van der Waals surface area contributed by atoms with Gasteiger partial charge in [0.25, 0.3) is 0 Å². The van der Waals surface area contributed by atoms with Crippen LogP contribution in [0, 0.1) is 11.6 Å². The number of carboxylic acid groups (broad SMARTS) is 1. The van der Waals surface area contributed by atoms with Crippen molar-refractivity contribution in [2.24, 2.45) is 0 Å². The van der Waals surface area contributed by atoms with Crippen molar-refractivity contribution in [3.05, 3.63) is 29.8 Å². The second-order valence-corrected chi connectivity index (χ2v) is 4.39. The predicted molar refractivity (Wildman–Crippen MR) is 70.9 cm³/mol. The number of aliphatic carboxylic acids is 1. The van der Waals surface area contributed by atoms with Gasteiger partial charge in [0.05, 0.1) is 6.61 Å². The van der Waals surface area contributed by atoms with E-state index in [-0.39, 0.29) is 18.8 Å². The maximum Gasteiger partial charge on any atom is 0.326 e. The molecule has 1 aromatic carbocycles. The van der Waals surface area contributed by atoms with Crippen LogP contribution in [0.2, 0.25) is 0 Å². The lowest BCUT2D eigenvalue weighted by atomic mass is 10.2. The highest BCUT2D eigenvalue weighted by Crippen LogP contribution is 2.17. The molecule has 1 atom stereocenters.